The van der Waals surface area contributed by atoms with E-state index >= 15 is 0 Å². The van der Waals surface area contributed by atoms with Crippen LogP contribution >= 0.6 is 11.6 Å². The van der Waals surface area contributed by atoms with Crippen molar-refractivity contribution in [2.75, 3.05) is 5.32 Å². The van der Waals surface area contributed by atoms with Gasteiger partial charge in [-0.3, -0.25) is 9.59 Å². The molecule has 0 saturated heterocycles. The Kier molecular flexibility index (Phi) is 7.22. The maximum absolute atomic E-state index is 14.8. The number of anilines is 1. The number of rotatable bonds is 6. The number of fused-ring (bicyclic) bond motifs is 1. The lowest BCUT2D eigenvalue weighted by molar-refractivity contribution is -0.274. The quantitative estimate of drug-likeness (QED) is 0.300. The first-order valence-corrected chi connectivity index (χ1v) is 11.2. The summed E-state index contributed by atoms with van der Waals surface area (Å²) in [5.74, 6) is -3.31. The standard InChI is InChI=1S/C24H17ClF5N5O3/c1-11(14-7-13(3-4-18(14)26)38-24(28,29)30)31-23(37)15-8-16(19(27)9-17(15)25)20-5-6-22-33-21(32-12(2)36)10-35(22)34-20/h3-11H,1-2H3,(H,31,37)(H,32,36). The molecule has 0 aliphatic heterocycles. The third-order valence-electron chi connectivity index (χ3n) is 5.22. The average Bonchev–Trinajstić information content (AvgIpc) is 3.20. The SMILES string of the molecule is CC(=O)Nc1cn2nc(-c3cc(C(=O)NC(C)c4cc(OC(F)(F)F)ccc4F)c(Cl)cc3F)ccc2n1. The summed E-state index contributed by atoms with van der Waals surface area (Å²) >= 11 is 6.09. The monoisotopic (exact) mass is 553 g/mol. The van der Waals surface area contributed by atoms with Crippen molar-refractivity contribution in [1.82, 2.24) is 19.9 Å². The van der Waals surface area contributed by atoms with Crippen LogP contribution < -0.4 is 15.4 Å². The molecule has 0 aliphatic carbocycles. The summed E-state index contributed by atoms with van der Waals surface area (Å²) in [6, 6.07) is 6.27. The van der Waals surface area contributed by atoms with Crippen LogP contribution in [-0.2, 0) is 4.79 Å². The van der Waals surface area contributed by atoms with E-state index in [1.807, 2.05) is 0 Å². The highest BCUT2D eigenvalue weighted by Gasteiger charge is 2.31. The summed E-state index contributed by atoms with van der Waals surface area (Å²) in [5, 5.41) is 8.93. The van der Waals surface area contributed by atoms with Crippen molar-refractivity contribution in [2.24, 2.45) is 0 Å². The van der Waals surface area contributed by atoms with E-state index in [-0.39, 0.29) is 39.1 Å². The van der Waals surface area contributed by atoms with E-state index in [4.69, 9.17) is 11.6 Å². The Morgan fingerprint density at radius 2 is 1.82 bits per heavy atom. The van der Waals surface area contributed by atoms with Crippen molar-refractivity contribution >= 4 is 34.9 Å². The first kappa shape index (κ1) is 26.8. The van der Waals surface area contributed by atoms with Crippen molar-refractivity contribution in [2.45, 2.75) is 26.3 Å². The zero-order valence-electron chi connectivity index (χ0n) is 19.5. The third kappa shape index (κ3) is 5.99. The van der Waals surface area contributed by atoms with E-state index in [1.54, 1.807) is 0 Å². The van der Waals surface area contributed by atoms with Crippen LogP contribution in [0.3, 0.4) is 0 Å². The second kappa shape index (κ2) is 10.2. The number of aromatic nitrogens is 3. The van der Waals surface area contributed by atoms with Crippen LogP contribution in [0.2, 0.25) is 5.02 Å². The number of benzene rings is 2. The molecule has 8 nitrogen and oxygen atoms in total. The molecule has 1 unspecified atom stereocenters. The Balaban J connectivity index is 1.62. The summed E-state index contributed by atoms with van der Waals surface area (Å²) in [5.41, 5.74) is -0.109. The second-order valence-electron chi connectivity index (χ2n) is 8.07. The topological polar surface area (TPSA) is 97.6 Å². The van der Waals surface area contributed by atoms with Gasteiger partial charge in [-0.1, -0.05) is 11.6 Å². The van der Waals surface area contributed by atoms with Gasteiger partial charge in [-0.25, -0.2) is 18.3 Å². The van der Waals surface area contributed by atoms with Crippen molar-refractivity contribution in [3.8, 4) is 17.0 Å². The highest BCUT2D eigenvalue weighted by atomic mass is 35.5. The van der Waals surface area contributed by atoms with E-state index in [0.29, 0.717) is 5.65 Å². The van der Waals surface area contributed by atoms with E-state index < -0.39 is 35.7 Å². The smallest absolute Gasteiger partial charge is 0.406 e. The van der Waals surface area contributed by atoms with Gasteiger partial charge in [-0.05, 0) is 49.4 Å². The van der Waals surface area contributed by atoms with Gasteiger partial charge in [-0.2, -0.15) is 5.10 Å². The summed E-state index contributed by atoms with van der Waals surface area (Å²) in [6.07, 6.45) is -3.58. The van der Waals surface area contributed by atoms with Gasteiger partial charge in [0, 0.05) is 18.1 Å². The van der Waals surface area contributed by atoms with Crippen LogP contribution in [0.5, 0.6) is 5.75 Å². The van der Waals surface area contributed by atoms with Crippen LogP contribution in [0, 0.1) is 11.6 Å². The van der Waals surface area contributed by atoms with E-state index in [0.717, 1.165) is 30.3 Å². The molecule has 2 N–H and O–H groups in total. The molecule has 2 aromatic carbocycles. The third-order valence-corrected chi connectivity index (χ3v) is 5.53. The maximum atomic E-state index is 14.8. The summed E-state index contributed by atoms with van der Waals surface area (Å²) in [7, 11) is 0. The Hall–Kier alpha value is -4.26. The average molecular weight is 554 g/mol. The van der Waals surface area contributed by atoms with Gasteiger partial charge in [0.2, 0.25) is 5.91 Å². The molecule has 1 atom stereocenters. The molecule has 198 valence electrons. The first-order chi connectivity index (χ1) is 17.8. The van der Waals surface area contributed by atoms with Crippen LogP contribution in [0.15, 0.2) is 48.7 Å². The zero-order chi connectivity index (χ0) is 27.8. The summed E-state index contributed by atoms with van der Waals surface area (Å²) < 4.78 is 71.9. The van der Waals surface area contributed by atoms with Crippen LogP contribution in [-0.4, -0.2) is 32.8 Å². The fraction of sp³-hybridized carbons (Fsp3) is 0.167. The maximum Gasteiger partial charge on any atom is 0.573 e. The number of nitrogens with zero attached hydrogens (tertiary/aromatic N) is 3. The fourth-order valence-electron chi connectivity index (χ4n) is 3.59. The zero-order valence-corrected chi connectivity index (χ0v) is 20.3. The Bertz CT molecular complexity index is 1560. The van der Waals surface area contributed by atoms with Crippen LogP contribution in [0.1, 0.15) is 35.8 Å². The minimum Gasteiger partial charge on any atom is -0.406 e. The molecule has 4 rings (SSSR count). The van der Waals surface area contributed by atoms with Crippen LogP contribution in [0.25, 0.3) is 16.9 Å². The molecular formula is C24H17ClF5N5O3. The number of carbonyl (C=O) groups is 2. The number of halogens is 6. The normalized spacial score (nSPS) is 12.3. The van der Waals surface area contributed by atoms with Crippen molar-refractivity contribution in [3.05, 3.63) is 76.4 Å². The molecule has 0 fully saturated rings. The predicted molar refractivity (Wildman–Crippen MR) is 127 cm³/mol. The van der Waals surface area contributed by atoms with E-state index in [9.17, 15) is 31.5 Å². The van der Waals surface area contributed by atoms with Crippen LogP contribution in [0.4, 0.5) is 27.8 Å². The number of hydrogen-bond donors (Lipinski definition) is 2. The lowest BCUT2D eigenvalue weighted by Crippen LogP contribution is -2.28. The fourth-order valence-corrected chi connectivity index (χ4v) is 3.82. The van der Waals surface area contributed by atoms with Gasteiger partial charge < -0.3 is 15.4 Å². The lowest BCUT2D eigenvalue weighted by atomic mass is 10.0. The van der Waals surface area contributed by atoms with Gasteiger partial charge in [0.1, 0.15) is 17.4 Å². The van der Waals surface area contributed by atoms with Gasteiger partial charge in [0.05, 0.1) is 28.5 Å². The minimum absolute atomic E-state index is 0.101. The van der Waals surface area contributed by atoms with Gasteiger partial charge in [-0.15, -0.1) is 13.2 Å². The molecule has 2 heterocycles. The molecular weight excluding hydrogens is 537 g/mol. The molecule has 0 aliphatic rings. The summed E-state index contributed by atoms with van der Waals surface area (Å²) in [6.45, 7) is 2.65. The van der Waals surface area contributed by atoms with Gasteiger partial charge >= 0.3 is 6.36 Å². The van der Waals surface area contributed by atoms with Crippen molar-refractivity contribution < 1.29 is 36.3 Å². The van der Waals surface area contributed by atoms with E-state index in [1.165, 1.54) is 36.7 Å². The molecule has 4 aromatic rings. The van der Waals surface area contributed by atoms with Gasteiger partial charge in [0.15, 0.2) is 11.5 Å². The highest BCUT2D eigenvalue weighted by Crippen LogP contribution is 2.30. The number of amides is 2. The highest BCUT2D eigenvalue weighted by molar-refractivity contribution is 6.34. The molecule has 0 bridgehead atoms. The lowest BCUT2D eigenvalue weighted by Gasteiger charge is -2.18. The number of alkyl halides is 3. The number of carbonyl (C=O) groups excluding carboxylic acids is 2. The molecule has 0 radical (unpaired) electrons. The van der Waals surface area contributed by atoms with Crippen molar-refractivity contribution in [3.63, 3.8) is 0 Å². The molecule has 2 aromatic heterocycles. The molecule has 0 saturated carbocycles. The molecule has 14 heteroatoms. The molecule has 0 spiro atoms. The largest absolute Gasteiger partial charge is 0.573 e. The number of nitrogens with one attached hydrogen (secondary N) is 2. The summed E-state index contributed by atoms with van der Waals surface area (Å²) in [4.78, 5) is 28.4. The van der Waals surface area contributed by atoms with Crippen molar-refractivity contribution in [1.29, 1.82) is 0 Å². The molecule has 2 amide bonds. The Morgan fingerprint density at radius 3 is 2.50 bits per heavy atom. The Labute approximate surface area is 216 Å². The number of ether oxygens (including phenoxy) is 1. The van der Waals surface area contributed by atoms with E-state index in [2.05, 4.69) is 25.5 Å². The second-order valence-corrected chi connectivity index (χ2v) is 8.47. The van der Waals surface area contributed by atoms with Gasteiger partial charge in [0.25, 0.3) is 5.91 Å². The number of hydrogen-bond acceptors (Lipinski definition) is 5. The first-order valence-electron chi connectivity index (χ1n) is 10.8. The predicted octanol–water partition coefficient (Wildman–Crippen LogP) is 5.68. The number of imidazole rings is 1. The molecule has 38 heavy (non-hydrogen) atoms. The minimum atomic E-state index is -4.99. The Morgan fingerprint density at radius 1 is 1.08 bits per heavy atom.